The lowest BCUT2D eigenvalue weighted by Crippen LogP contribution is -1.94. The fraction of sp³-hybridized carbons (Fsp3) is 0.125. The Kier molecular flexibility index (Phi) is 2.98. The van der Waals surface area contributed by atoms with Gasteiger partial charge in [-0.2, -0.15) is 0 Å². The van der Waals surface area contributed by atoms with Crippen LogP contribution in [0.3, 0.4) is 0 Å². The van der Waals surface area contributed by atoms with Gasteiger partial charge in [0.15, 0.2) is 0 Å². The molecule has 1 aliphatic rings. The van der Waals surface area contributed by atoms with E-state index in [0.717, 1.165) is 5.57 Å². The third-order valence-electron chi connectivity index (χ3n) is 1.15. The molecular weight excluding hydrogens is 160 g/mol. The van der Waals surface area contributed by atoms with Crippen molar-refractivity contribution in [1.29, 1.82) is 0 Å². The monoisotopic (exact) mass is 168 g/mol. The smallest absolute Gasteiger partial charge is 0.307 e. The SMILES string of the molecule is O=C(O)CC1=CSC=CC=C1. The van der Waals surface area contributed by atoms with E-state index in [1.165, 1.54) is 11.8 Å². The Morgan fingerprint density at radius 3 is 3.09 bits per heavy atom. The first-order valence-electron chi connectivity index (χ1n) is 3.18. The first-order valence-corrected chi connectivity index (χ1v) is 4.13. The molecule has 0 unspecified atom stereocenters. The molecule has 0 amide bonds. The lowest BCUT2D eigenvalue weighted by Gasteiger charge is -1.93. The Hall–Kier alpha value is -0.960. The number of hydrogen-bond acceptors (Lipinski definition) is 2. The van der Waals surface area contributed by atoms with E-state index in [4.69, 9.17) is 5.11 Å². The van der Waals surface area contributed by atoms with Crippen LogP contribution in [0.25, 0.3) is 0 Å². The molecule has 0 saturated carbocycles. The molecule has 1 aliphatic heterocycles. The molecule has 0 bridgehead atoms. The Labute approximate surface area is 69.3 Å². The van der Waals surface area contributed by atoms with E-state index in [0.29, 0.717) is 0 Å². The Morgan fingerprint density at radius 1 is 1.55 bits per heavy atom. The van der Waals surface area contributed by atoms with Crippen molar-refractivity contribution in [1.82, 2.24) is 0 Å². The van der Waals surface area contributed by atoms with Crippen molar-refractivity contribution >= 4 is 17.7 Å². The maximum atomic E-state index is 10.3. The molecule has 1 rings (SSSR count). The molecule has 0 saturated heterocycles. The van der Waals surface area contributed by atoms with Crippen LogP contribution in [0, 0.1) is 0 Å². The highest BCUT2D eigenvalue weighted by Crippen LogP contribution is 2.15. The van der Waals surface area contributed by atoms with Gasteiger partial charge in [0.25, 0.3) is 0 Å². The predicted octanol–water partition coefficient (Wildman–Crippen LogP) is 2.16. The highest BCUT2D eigenvalue weighted by atomic mass is 32.2. The van der Waals surface area contributed by atoms with Gasteiger partial charge in [0.05, 0.1) is 6.42 Å². The standard InChI is InChI=1S/C8H8O2S/c9-8(10)5-7-3-1-2-4-11-6-7/h1-4,6H,5H2,(H,9,10). The fourth-order valence-electron chi connectivity index (χ4n) is 0.711. The van der Waals surface area contributed by atoms with Crippen LogP contribution in [0.2, 0.25) is 0 Å². The van der Waals surface area contributed by atoms with Crippen LogP contribution in [0.1, 0.15) is 6.42 Å². The summed E-state index contributed by atoms with van der Waals surface area (Å²) in [5.74, 6) is -0.789. The number of allylic oxidation sites excluding steroid dienone is 3. The number of carbonyl (C=O) groups is 1. The molecular formula is C8H8O2S. The fourth-order valence-corrected chi connectivity index (χ4v) is 1.31. The summed E-state index contributed by atoms with van der Waals surface area (Å²) in [6.45, 7) is 0. The normalized spacial score (nSPS) is 15.8. The summed E-state index contributed by atoms with van der Waals surface area (Å²) in [6, 6.07) is 0. The van der Waals surface area contributed by atoms with Crippen LogP contribution in [-0.2, 0) is 4.79 Å². The van der Waals surface area contributed by atoms with Crippen molar-refractivity contribution in [2.45, 2.75) is 6.42 Å². The molecule has 0 spiro atoms. The number of aliphatic carboxylic acids is 1. The zero-order valence-corrected chi connectivity index (χ0v) is 6.67. The van der Waals surface area contributed by atoms with E-state index in [-0.39, 0.29) is 6.42 Å². The highest BCUT2D eigenvalue weighted by molar-refractivity contribution is 8.04. The topological polar surface area (TPSA) is 37.3 Å². The summed E-state index contributed by atoms with van der Waals surface area (Å²) in [6.07, 6.45) is 5.64. The quantitative estimate of drug-likeness (QED) is 0.686. The van der Waals surface area contributed by atoms with E-state index in [1.807, 2.05) is 29.0 Å². The lowest BCUT2D eigenvalue weighted by molar-refractivity contribution is -0.136. The summed E-state index contributed by atoms with van der Waals surface area (Å²) in [4.78, 5) is 10.3. The van der Waals surface area contributed by atoms with Gasteiger partial charge in [-0.05, 0) is 16.4 Å². The lowest BCUT2D eigenvalue weighted by atomic mass is 10.2. The summed E-state index contributed by atoms with van der Waals surface area (Å²) in [5, 5.41) is 12.2. The molecule has 0 aromatic carbocycles. The van der Waals surface area contributed by atoms with Crippen molar-refractivity contribution in [2.75, 3.05) is 0 Å². The largest absolute Gasteiger partial charge is 0.481 e. The number of hydrogen-bond donors (Lipinski definition) is 1. The zero-order valence-electron chi connectivity index (χ0n) is 5.86. The molecule has 2 nitrogen and oxygen atoms in total. The van der Waals surface area contributed by atoms with E-state index >= 15 is 0 Å². The molecule has 1 N–H and O–H groups in total. The van der Waals surface area contributed by atoms with Gasteiger partial charge in [-0.25, -0.2) is 0 Å². The molecule has 0 radical (unpaired) electrons. The molecule has 0 aliphatic carbocycles. The third kappa shape index (κ3) is 3.09. The maximum Gasteiger partial charge on any atom is 0.307 e. The van der Waals surface area contributed by atoms with Crippen LogP contribution in [0.15, 0.2) is 34.6 Å². The molecule has 0 fully saturated rings. The molecule has 0 aromatic heterocycles. The van der Waals surface area contributed by atoms with Crippen LogP contribution >= 0.6 is 11.8 Å². The van der Waals surface area contributed by atoms with Crippen molar-refractivity contribution in [3.05, 3.63) is 34.6 Å². The summed E-state index contributed by atoms with van der Waals surface area (Å²) < 4.78 is 0. The average molecular weight is 168 g/mol. The second kappa shape index (κ2) is 4.03. The van der Waals surface area contributed by atoms with Gasteiger partial charge >= 0.3 is 5.97 Å². The first-order chi connectivity index (χ1) is 5.29. The van der Waals surface area contributed by atoms with Crippen LogP contribution in [0.5, 0.6) is 0 Å². The minimum Gasteiger partial charge on any atom is -0.481 e. The summed E-state index contributed by atoms with van der Waals surface area (Å²) in [5.41, 5.74) is 0.840. The predicted molar refractivity (Wildman–Crippen MR) is 46.2 cm³/mol. The Balaban J connectivity index is 2.58. The number of carboxylic acids is 1. The van der Waals surface area contributed by atoms with Gasteiger partial charge in [0.1, 0.15) is 0 Å². The summed E-state index contributed by atoms with van der Waals surface area (Å²) in [7, 11) is 0. The van der Waals surface area contributed by atoms with Gasteiger partial charge in [0, 0.05) is 0 Å². The third-order valence-corrected chi connectivity index (χ3v) is 1.91. The molecule has 58 valence electrons. The Bertz CT molecular complexity index is 238. The van der Waals surface area contributed by atoms with Crippen LogP contribution in [0.4, 0.5) is 0 Å². The number of thioether (sulfide) groups is 1. The van der Waals surface area contributed by atoms with E-state index in [1.54, 1.807) is 0 Å². The van der Waals surface area contributed by atoms with Gasteiger partial charge < -0.3 is 5.11 Å². The Morgan fingerprint density at radius 2 is 2.36 bits per heavy atom. The van der Waals surface area contributed by atoms with Crippen molar-refractivity contribution in [3.63, 3.8) is 0 Å². The van der Waals surface area contributed by atoms with E-state index < -0.39 is 5.97 Å². The van der Waals surface area contributed by atoms with Crippen molar-refractivity contribution in [2.24, 2.45) is 0 Å². The summed E-state index contributed by atoms with van der Waals surface area (Å²) >= 11 is 1.50. The molecule has 0 atom stereocenters. The van der Waals surface area contributed by atoms with Gasteiger partial charge in [-0.1, -0.05) is 18.2 Å². The highest BCUT2D eigenvalue weighted by Gasteiger charge is 2.00. The van der Waals surface area contributed by atoms with Crippen molar-refractivity contribution < 1.29 is 9.90 Å². The van der Waals surface area contributed by atoms with Crippen molar-refractivity contribution in [3.8, 4) is 0 Å². The van der Waals surface area contributed by atoms with E-state index in [2.05, 4.69) is 0 Å². The average Bonchev–Trinajstić information content (AvgIpc) is 2.14. The van der Waals surface area contributed by atoms with Gasteiger partial charge in [-0.15, -0.1) is 11.8 Å². The van der Waals surface area contributed by atoms with Crippen LogP contribution < -0.4 is 0 Å². The van der Waals surface area contributed by atoms with Crippen LogP contribution in [-0.4, -0.2) is 11.1 Å². The maximum absolute atomic E-state index is 10.3. The number of carboxylic acid groups (broad SMARTS) is 1. The van der Waals surface area contributed by atoms with Gasteiger partial charge in [-0.3, -0.25) is 4.79 Å². The second-order valence-electron chi connectivity index (χ2n) is 2.09. The first kappa shape index (κ1) is 8.14. The molecule has 1 heterocycles. The van der Waals surface area contributed by atoms with E-state index in [9.17, 15) is 4.79 Å². The second-order valence-corrected chi connectivity index (χ2v) is 2.87. The minimum absolute atomic E-state index is 0.102. The molecule has 11 heavy (non-hydrogen) atoms. The molecule has 0 aromatic rings. The van der Waals surface area contributed by atoms with Gasteiger partial charge in [0.2, 0.25) is 0 Å². The minimum atomic E-state index is -0.789. The molecule has 3 heteroatoms. The number of rotatable bonds is 2. The zero-order chi connectivity index (χ0) is 8.10.